The van der Waals surface area contributed by atoms with Crippen LogP contribution < -0.4 is 14.4 Å². The van der Waals surface area contributed by atoms with Crippen molar-refractivity contribution in [3.63, 3.8) is 0 Å². The summed E-state index contributed by atoms with van der Waals surface area (Å²) in [6.07, 6.45) is 0.247. The van der Waals surface area contributed by atoms with Crippen molar-refractivity contribution >= 4 is 17.6 Å². The first-order valence-electron chi connectivity index (χ1n) is 14.4. The number of carbonyl (C=O) groups excluding carboxylic acids is 2. The van der Waals surface area contributed by atoms with Gasteiger partial charge in [-0.25, -0.2) is 0 Å². The first kappa shape index (κ1) is 29.6. The minimum atomic E-state index is -0.234. The van der Waals surface area contributed by atoms with Gasteiger partial charge in [0, 0.05) is 31.7 Å². The Hall–Kier alpha value is -4.92. The van der Waals surface area contributed by atoms with Gasteiger partial charge in [0.15, 0.2) is 17.3 Å². The third-order valence-electron chi connectivity index (χ3n) is 7.86. The quantitative estimate of drug-likeness (QED) is 0.271. The number of ether oxygens (including phenoxy) is 2. The lowest BCUT2D eigenvalue weighted by atomic mass is 10.0. The summed E-state index contributed by atoms with van der Waals surface area (Å²) in [6, 6.07) is 28.8. The second-order valence-corrected chi connectivity index (χ2v) is 10.5. The van der Waals surface area contributed by atoms with Gasteiger partial charge in [0.25, 0.3) is 0 Å². The van der Waals surface area contributed by atoms with E-state index in [0.29, 0.717) is 37.7 Å². The summed E-state index contributed by atoms with van der Waals surface area (Å²) in [4.78, 5) is 32.7. The number of carbonyl (C=O) groups is 2. The van der Waals surface area contributed by atoms with E-state index >= 15 is 0 Å². The van der Waals surface area contributed by atoms with Crippen molar-refractivity contribution in [1.82, 2.24) is 20.0 Å². The summed E-state index contributed by atoms with van der Waals surface area (Å²) < 4.78 is 10.7. The predicted molar refractivity (Wildman–Crippen MR) is 166 cm³/mol. The highest BCUT2D eigenvalue weighted by molar-refractivity contribution is 5.86. The first-order chi connectivity index (χ1) is 21.0. The van der Waals surface area contributed by atoms with E-state index in [0.717, 1.165) is 28.2 Å². The van der Waals surface area contributed by atoms with E-state index in [2.05, 4.69) is 15.1 Å². The summed E-state index contributed by atoms with van der Waals surface area (Å²) in [5.41, 5.74) is 3.53. The molecule has 2 heterocycles. The average Bonchev–Trinajstić information content (AvgIpc) is 3.07. The van der Waals surface area contributed by atoms with Crippen LogP contribution in [-0.4, -0.2) is 78.8 Å². The lowest BCUT2D eigenvalue weighted by Gasteiger charge is -2.37. The number of methoxy groups -OCH3 is 2. The van der Waals surface area contributed by atoms with Crippen LogP contribution in [0.1, 0.15) is 24.1 Å². The number of hydrogen-bond acceptors (Lipinski definition) is 7. The lowest BCUT2D eigenvalue weighted by molar-refractivity contribution is -0.142. The summed E-state index contributed by atoms with van der Waals surface area (Å²) in [5, 5.41) is 8.90. The molecule has 0 radical (unpaired) electrons. The van der Waals surface area contributed by atoms with Gasteiger partial charge in [-0.2, -0.15) is 0 Å². The molecule has 0 aliphatic carbocycles. The molecule has 222 valence electrons. The molecule has 1 aliphatic rings. The maximum Gasteiger partial charge on any atom is 0.242 e. The summed E-state index contributed by atoms with van der Waals surface area (Å²) in [7, 11) is 3.21. The second kappa shape index (κ2) is 13.8. The highest BCUT2D eigenvalue weighted by atomic mass is 16.5. The molecule has 1 aliphatic heterocycles. The SMILES string of the molecule is COc1ccc(-c2ccc(N3CCN(C(=O)CN(C(=O)Cc4ccccc4)[C@@H](C)c4ccccc4)CC3)nn2)cc1OC. The first-order valence-corrected chi connectivity index (χ1v) is 14.4. The molecule has 2 amide bonds. The van der Waals surface area contributed by atoms with Crippen molar-refractivity contribution < 1.29 is 19.1 Å². The molecule has 3 aromatic carbocycles. The smallest absolute Gasteiger partial charge is 0.242 e. The third-order valence-corrected chi connectivity index (χ3v) is 7.86. The Kier molecular flexibility index (Phi) is 9.51. The van der Waals surface area contributed by atoms with Gasteiger partial charge in [-0.15, -0.1) is 10.2 Å². The van der Waals surface area contributed by atoms with E-state index in [1.807, 2.05) is 103 Å². The van der Waals surface area contributed by atoms with Gasteiger partial charge in [-0.3, -0.25) is 9.59 Å². The van der Waals surface area contributed by atoms with Crippen molar-refractivity contribution in [2.24, 2.45) is 0 Å². The van der Waals surface area contributed by atoms with E-state index in [-0.39, 0.29) is 30.8 Å². The molecule has 0 saturated carbocycles. The molecule has 0 unspecified atom stereocenters. The van der Waals surface area contributed by atoms with Crippen LogP contribution in [0.2, 0.25) is 0 Å². The van der Waals surface area contributed by atoms with Crippen LogP contribution in [0.25, 0.3) is 11.3 Å². The number of hydrogen-bond donors (Lipinski definition) is 0. The second-order valence-electron chi connectivity index (χ2n) is 10.5. The molecule has 0 spiro atoms. The van der Waals surface area contributed by atoms with Crippen LogP contribution in [-0.2, 0) is 16.0 Å². The fourth-order valence-electron chi connectivity index (χ4n) is 5.30. The summed E-state index contributed by atoms with van der Waals surface area (Å²) in [5.74, 6) is 1.92. The molecule has 5 rings (SSSR count). The van der Waals surface area contributed by atoms with E-state index in [9.17, 15) is 9.59 Å². The molecule has 43 heavy (non-hydrogen) atoms. The molecule has 9 heteroatoms. The van der Waals surface area contributed by atoms with Gasteiger partial charge in [-0.05, 0) is 48.4 Å². The Morgan fingerprint density at radius 3 is 2.12 bits per heavy atom. The third kappa shape index (κ3) is 7.12. The monoisotopic (exact) mass is 579 g/mol. The molecule has 1 aromatic heterocycles. The number of benzene rings is 3. The maximum absolute atomic E-state index is 13.5. The van der Waals surface area contributed by atoms with Crippen LogP contribution >= 0.6 is 0 Å². The summed E-state index contributed by atoms with van der Waals surface area (Å²) in [6.45, 7) is 4.34. The van der Waals surface area contributed by atoms with Gasteiger partial charge in [0.1, 0.15) is 6.54 Å². The zero-order valence-electron chi connectivity index (χ0n) is 24.8. The van der Waals surface area contributed by atoms with E-state index in [1.165, 1.54) is 0 Å². The molecule has 4 aromatic rings. The van der Waals surface area contributed by atoms with Gasteiger partial charge in [-0.1, -0.05) is 60.7 Å². The number of rotatable bonds is 10. The predicted octanol–water partition coefficient (Wildman–Crippen LogP) is 4.64. The standard InChI is InChI=1S/C34H37N5O4/c1-25(27-12-8-5-9-13-27)39(33(40)22-26-10-6-4-7-11-26)24-34(41)38-20-18-37(19-21-38)32-17-15-29(35-36-32)28-14-16-30(42-2)31(23-28)43-3/h4-17,23,25H,18-22,24H2,1-3H3/t25-/m0/s1. The molecule has 9 nitrogen and oxygen atoms in total. The van der Waals surface area contributed by atoms with Crippen molar-refractivity contribution in [3.8, 4) is 22.8 Å². The highest BCUT2D eigenvalue weighted by Gasteiger charge is 2.28. The molecule has 0 bridgehead atoms. The molecule has 0 N–H and O–H groups in total. The normalized spacial score (nSPS) is 13.7. The van der Waals surface area contributed by atoms with Crippen LogP contribution in [0.5, 0.6) is 11.5 Å². The minimum absolute atomic E-state index is 0.0293. The molecular formula is C34H37N5O4. The highest BCUT2D eigenvalue weighted by Crippen LogP contribution is 2.31. The fourth-order valence-corrected chi connectivity index (χ4v) is 5.30. The zero-order valence-corrected chi connectivity index (χ0v) is 24.8. The minimum Gasteiger partial charge on any atom is -0.493 e. The van der Waals surface area contributed by atoms with Crippen molar-refractivity contribution in [1.29, 1.82) is 0 Å². The Balaban J connectivity index is 1.22. The van der Waals surface area contributed by atoms with Gasteiger partial charge in [0.05, 0.1) is 32.4 Å². The van der Waals surface area contributed by atoms with Crippen LogP contribution in [0.15, 0.2) is 91.0 Å². The number of piperazine rings is 1. The lowest BCUT2D eigenvalue weighted by Crippen LogP contribution is -2.52. The van der Waals surface area contributed by atoms with Crippen molar-refractivity contribution in [2.75, 3.05) is 51.8 Å². The van der Waals surface area contributed by atoms with E-state index < -0.39 is 0 Å². The Morgan fingerprint density at radius 2 is 1.49 bits per heavy atom. The van der Waals surface area contributed by atoms with Crippen LogP contribution in [0, 0.1) is 0 Å². The van der Waals surface area contributed by atoms with E-state index in [1.54, 1.807) is 19.1 Å². The number of anilines is 1. The molecular weight excluding hydrogens is 542 g/mol. The van der Waals surface area contributed by atoms with Crippen molar-refractivity contribution in [2.45, 2.75) is 19.4 Å². The molecule has 1 fully saturated rings. The van der Waals surface area contributed by atoms with Gasteiger partial charge in [0.2, 0.25) is 11.8 Å². The Bertz CT molecular complexity index is 1510. The van der Waals surface area contributed by atoms with Gasteiger partial charge < -0.3 is 24.2 Å². The number of nitrogens with zero attached hydrogens (tertiary/aromatic N) is 5. The largest absolute Gasteiger partial charge is 0.493 e. The maximum atomic E-state index is 13.5. The number of aromatic nitrogens is 2. The topological polar surface area (TPSA) is 88.1 Å². The van der Waals surface area contributed by atoms with Crippen LogP contribution in [0.4, 0.5) is 5.82 Å². The summed E-state index contributed by atoms with van der Waals surface area (Å²) >= 11 is 0. The average molecular weight is 580 g/mol. The fraction of sp³-hybridized carbons (Fsp3) is 0.294. The molecule has 1 saturated heterocycles. The Morgan fingerprint density at radius 1 is 0.814 bits per heavy atom. The zero-order chi connectivity index (χ0) is 30.2. The number of amides is 2. The van der Waals surface area contributed by atoms with Crippen LogP contribution in [0.3, 0.4) is 0 Å². The molecule has 1 atom stereocenters. The van der Waals surface area contributed by atoms with Gasteiger partial charge >= 0.3 is 0 Å². The van der Waals surface area contributed by atoms with Crippen molar-refractivity contribution in [3.05, 3.63) is 102 Å². The van der Waals surface area contributed by atoms with E-state index in [4.69, 9.17) is 9.47 Å². The Labute approximate surface area is 252 Å².